The number of amides is 2. The van der Waals surface area contributed by atoms with Crippen molar-refractivity contribution in [3.05, 3.63) is 24.2 Å². The van der Waals surface area contributed by atoms with Crippen LogP contribution in [0.15, 0.2) is 18.3 Å². The van der Waals surface area contributed by atoms with Gasteiger partial charge in [-0.2, -0.15) is 0 Å². The lowest BCUT2D eigenvalue weighted by Crippen LogP contribution is -2.40. The van der Waals surface area contributed by atoms with E-state index in [1.165, 1.54) is 25.7 Å². The average Bonchev–Trinajstić information content (AvgIpc) is 3.41. The van der Waals surface area contributed by atoms with Crippen molar-refractivity contribution in [3.8, 4) is 0 Å². The monoisotopic (exact) mass is 313 g/mol. The van der Waals surface area contributed by atoms with Gasteiger partial charge in [0.25, 0.3) is 0 Å². The number of aromatic nitrogens is 3. The van der Waals surface area contributed by atoms with Crippen LogP contribution in [-0.2, 0) is 0 Å². The average molecular weight is 313 g/mol. The van der Waals surface area contributed by atoms with Gasteiger partial charge < -0.3 is 10.6 Å². The lowest BCUT2D eigenvalue weighted by molar-refractivity contribution is 0.245. The summed E-state index contributed by atoms with van der Waals surface area (Å²) in [7, 11) is 0. The fourth-order valence-electron chi connectivity index (χ4n) is 3.23. The van der Waals surface area contributed by atoms with Crippen LogP contribution in [0, 0.1) is 11.8 Å². The number of nitrogens with one attached hydrogen (secondary N) is 2. The van der Waals surface area contributed by atoms with Gasteiger partial charge in [-0.3, -0.25) is 4.40 Å². The molecule has 122 valence electrons. The summed E-state index contributed by atoms with van der Waals surface area (Å²) in [6.45, 7) is 4.16. The highest BCUT2D eigenvalue weighted by Crippen LogP contribution is 2.44. The molecule has 0 aromatic carbocycles. The standard InChI is InChI=1S/C17H23N5O/c1-10(2)16-21-20-14-8-7-13(9-22(14)16)18-17(23)19-15(11-3-4-11)12-5-6-12/h7-12,15H,3-6H2,1-2H3,(H2,18,19,23). The number of rotatable bonds is 5. The minimum atomic E-state index is -0.104. The van der Waals surface area contributed by atoms with Crippen molar-refractivity contribution in [2.75, 3.05) is 5.32 Å². The van der Waals surface area contributed by atoms with Gasteiger partial charge in [-0.1, -0.05) is 13.8 Å². The summed E-state index contributed by atoms with van der Waals surface area (Å²) in [5.74, 6) is 2.57. The third-order valence-corrected chi connectivity index (χ3v) is 4.76. The molecule has 6 heteroatoms. The topological polar surface area (TPSA) is 71.3 Å². The van der Waals surface area contributed by atoms with E-state index >= 15 is 0 Å². The van der Waals surface area contributed by atoms with Crippen LogP contribution in [0.3, 0.4) is 0 Å². The lowest BCUT2D eigenvalue weighted by Gasteiger charge is -2.18. The molecule has 6 nitrogen and oxygen atoms in total. The Morgan fingerprint density at radius 1 is 1.17 bits per heavy atom. The van der Waals surface area contributed by atoms with Gasteiger partial charge in [-0.25, -0.2) is 4.79 Å². The van der Waals surface area contributed by atoms with E-state index in [9.17, 15) is 4.79 Å². The number of nitrogens with zero attached hydrogens (tertiary/aromatic N) is 3. The van der Waals surface area contributed by atoms with Gasteiger partial charge in [-0.15, -0.1) is 10.2 Å². The summed E-state index contributed by atoms with van der Waals surface area (Å²) >= 11 is 0. The Labute approximate surface area is 135 Å². The van der Waals surface area contributed by atoms with E-state index in [0.29, 0.717) is 17.9 Å². The number of anilines is 1. The Balaban J connectivity index is 1.48. The van der Waals surface area contributed by atoms with Gasteiger partial charge >= 0.3 is 6.03 Å². The number of pyridine rings is 1. The van der Waals surface area contributed by atoms with Crippen LogP contribution in [0.25, 0.3) is 5.65 Å². The maximum Gasteiger partial charge on any atom is 0.319 e. The van der Waals surface area contributed by atoms with Crippen LogP contribution in [0.4, 0.5) is 10.5 Å². The molecule has 0 bridgehead atoms. The molecule has 0 atom stereocenters. The molecule has 2 aromatic heterocycles. The number of hydrogen-bond donors (Lipinski definition) is 2. The zero-order valence-corrected chi connectivity index (χ0v) is 13.6. The summed E-state index contributed by atoms with van der Waals surface area (Å²) in [5, 5.41) is 14.5. The largest absolute Gasteiger partial charge is 0.335 e. The van der Waals surface area contributed by atoms with E-state index in [-0.39, 0.29) is 11.9 Å². The summed E-state index contributed by atoms with van der Waals surface area (Å²) in [5.41, 5.74) is 1.57. The van der Waals surface area contributed by atoms with Crippen LogP contribution >= 0.6 is 0 Å². The van der Waals surface area contributed by atoms with Crippen molar-refractivity contribution in [2.45, 2.75) is 51.5 Å². The number of hydrogen-bond acceptors (Lipinski definition) is 3. The predicted molar refractivity (Wildman–Crippen MR) is 88.5 cm³/mol. The fraction of sp³-hybridized carbons (Fsp3) is 0.588. The molecule has 2 saturated carbocycles. The van der Waals surface area contributed by atoms with Crippen molar-refractivity contribution >= 4 is 17.4 Å². The van der Waals surface area contributed by atoms with Gasteiger partial charge in [0, 0.05) is 18.2 Å². The Bertz CT molecular complexity index is 718. The second kappa shape index (κ2) is 5.51. The Kier molecular flexibility index (Phi) is 3.47. The molecule has 2 aromatic rings. The van der Waals surface area contributed by atoms with Crippen LogP contribution in [0.1, 0.15) is 51.3 Å². The van der Waals surface area contributed by atoms with E-state index in [1.54, 1.807) is 0 Å². The minimum absolute atomic E-state index is 0.104. The zero-order valence-electron chi connectivity index (χ0n) is 13.6. The lowest BCUT2D eigenvalue weighted by atomic mass is 10.1. The van der Waals surface area contributed by atoms with Gasteiger partial charge in [0.15, 0.2) is 5.65 Å². The maximum atomic E-state index is 12.3. The normalized spacial score (nSPS) is 17.9. The van der Waals surface area contributed by atoms with Gasteiger partial charge in [0.1, 0.15) is 5.82 Å². The first kappa shape index (κ1) is 14.5. The van der Waals surface area contributed by atoms with Crippen molar-refractivity contribution in [1.29, 1.82) is 0 Å². The number of fused-ring (bicyclic) bond motifs is 1. The number of carbonyl (C=O) groups excluding carboxylic acids is 1. The molecule has 2 N–H and O–H groups in total. The summed E-state index contributed by atoms with van der Waals surface area (Å²) < 4.78 is 1.94. The molecule has 2 heterocycles. The maximum absolute atomic E-state index is 12.3. The molecule has 23 heavy (non-hydrogen) atoms. The molecule has 0 radical (unpaired) electrons. The number of carbonyl (C=O) groups is 1. The third kappa shape index (κ3) is 3.02. The minimum Gasteiger partial charge on any atom is -0.335 e. The second-order valence-corrected chi connectivity index (χ2v) is 7.16. The van der Waals surface area contributed by atoms with Crippen molar-refractivity contribution in [2.24, 2.45) is 11.8 Å². The molecule has 2 amide bonds. The molecule has 2 aliphatic carbocycles. The Morgan fingerprint density at radius 2 is 1.87 bits per heavy atom. The molecule has 0 aliphatic heterocycles. The molecular weight excluding hydrogens is 290 g/mol. The molecular formula is C17H23N5O. The highest BCUT2D eigenvalue weighted by molar-refractivity contribution is 5.89. The quantitative estimate of drug-likeness (QED) is 0.890. The number of urea groups is 1. The molecule has 0 unspecified atom stereocenters. The van der Waals surface area contributed by atoms with Gasteiger partial charge in [-0.05, 0) is 49.7 Å². The zero-order chi connectivity index (χ0) is 16.0. The van der Waals surface area contributed by atoms with Crippen molar-refractivity contribution in [3.63, 3.8) is 0 Å². The first-order valence-corrected chi connectivity index (χ1v) is 8.54. The highest BCUT2D eigenvalue weighted by atomic mass is 16.2. The molecule has 2 aliphatic rings. The van der Waals surface area contributed by atoms with Crippen molar-refractivity contribution in [1.82, 2.24) is 19.9 Å². The molecule has 0 saturated heterocycles. The van der Waals surface area contributed by atoms with Crippen LogP contribution in [0.2, 0.25) is 0 Å². The van der Waals surface area contributed by atoms with E-state index in [4.69, 9.17) is 0 Å². The fourth-order valence-corrected chi connectivity index (χ4v) is 3.23. The molecule has 0 spiro atoms. The van der Waals surface area contributed by atoms with E-state index in [2.05, 4.69) is 34.7 Å². The van der Waals surface area contributed by atoms with E-state index in [0.717, 1.165) is 17.2 Å². The van der Waals surface area contributed by atoms with Crippen LogP contribution in [-0.4, -0.2) is 26.7 Å². The van der Waals surface area contributed by atoms with E-state index in [1.807, 2.05) is 22.7 Å². The van der Waals surface area contributed by atoms with Gasteiger partial charge in [0.2, 0.25) is 0 Å². The van der Waals surface area contributed by atoms with Gasteiger partial charge in [0.05, 0.1) is 5.69 Å². The summed E-state index contributed by atoms with van der Waals surface area (Å²) in [6, 6.07) is 4.01. The Hall–Kier alpha value is -2.11. The summed E-state index contributed by atoms with van der Waals surface area (Å²) in [6.07, 6.45) is 6.92. The molecule has 4 rings (SSSR count). The molecule has 2 fully saturated rings. The third-order valence-electron chi connectivity index (χ3n) is 4.76. The highest BCUT2D eigenvalue weighted by Gasteiger charge is 2.42. The van der Waals surface area contributed by atoms with Crippen molar-refractivity contribution < 1.29 is 4.79 Å². The van der Waals surface area contributed by atoms with Crippen LogP contribution in [0.5, 0.6) is 0 Å². The second-order valence-electron chi connectivity index (χ2n) is 7.16. The van der Waals surface area contributed by atoms with E-state index < -0.39 is 0 Å². The van der Waals surface area contributed by atoms with Crippen LogP contribution < -0.4 is 10.6 Å². The first-order chi connectivity index (χ1) is 11.1. The first-order valence-electron chi connectivity index (χ1n) is 8.54. The Morgan fingerprint density at radius 3 is 2.48 bits per heavy atom. The summed E-state index contributed by atoms with van der Waals surface area (Å²) in [4.78, 5) is 12.3. The SMILES string of the molecule is CC(C)c1nnc2ccc(NC(=O)NC(C3CC3)C3CC3)cn12. The smallest absolute Gasteiger partial charge is 0.319 e. The predicted octanol–water partition coefficient (Wildman–Crippen LogP) is 3.16.